The van der Waals surface area contributed by atoms with Crippen LogP contribution in [0.1, 0.15) is 84.0 Å². The molecule has 1 atom stereocenters. The van der Waals surface area contributed by atoms with Gasteiger partial charge in [0.25, 0.3) is 0 Å². The highest BCUT2D eigenvalue weighted by molar-refractivity contribution is 5.85. The van der Waals surface area contributed by atoms with Gasteiger partial charge in [0.2, 0.25) is 0 Å². The molecule has 1 unspecified atom stereocenters. The van der Waals surface area contributed by atoms with Crippen molar-refractivity contribution in [2.75, 3.05) is 13.1 Å². The third-order valence-electron chi connectivity index (χ3n) is 4.45. The molecule has 0 amide bonds. The number of unbranched alkanes of at least 4 members (excludes halogenated alkanes) is 9. The smallest absolute Gasteiger partial charge is 0.320 e. The van der Waals surface area contributed by atoms with E-state index < -0.39 is 5.97 Å². The molecular weight excluding hydrogens is 286 g/mol. The largest absolute Gasteiger partial charge is 0.480 e. The third kappa shape index (κ3) is 9.36. The minimum Gasteiger partial charge on any atom is -0.480 e. The van der Waals surface area contributed by atoms with Crippen LogP contribution < -0.4 is 0 Å². The Morgan fingerprint density at radius 3 is 2.05 bits per heavy atom. The number of hydrogen-bond donors (Lipinski definition) is 1. The highest BCUT2D eigenvalue weighted by atomic mass is 35.5. The molecule has 1 saturated heterocycles. The van der Waals surface area contributed by atoms with E-state index in [-0.39, 0.29) is 18.4 Å². The fraction of sp³-hybridized carbons (Fsp3) is 0.941. The average Bonchev–Trinajstić information content (AvgIpc) is 2.89. The summed E-state index contributed by atoms with van der Waals surface area (Å²) in [5.41, 5.74) is 0. The summed E-state index contributed by atoms with van der Waals surface area (Å²) < 4.78 is 0. The van der Waals surface area contributed by atoms with Crippen LogP contribution in [0.2, 0.25) is 0 Å². The van der Waals surface area contributed by atoms with Crippen molar-refractivity contribution in [2.24, 2.45) is 0 Å². The molecule has 0 aromatic rings. The van der Waals surface area contributed by atoms with Gasteiger partial charge in [-0.25, -0.2) is 0 Å². The Labute approximate surface area is 136 Å². The quantitative estimate of drug-likeness (QED) is 0.521. The van der Waals surface area contributed by atoms with Crippen molar-refractivity contribution in [1.29, 1.82) is 0 Å². The van der Waals surface area contributed by atoms with E-state index in [1.807, 2.05) is 0 Å². The van der Waals surface area contributed by atoms with Crippen molar-refractivity contribution in [1.82, 2.24) is 4.90 Å². The molecule has 0 aromatic carbocycles. The van der Waals surface area contributed by atoms with Gasteiger partial charge < -0.3 is 5.11 Å². The second-order valence-corrected chi connectivity index (χ2v) is 6.21. The topological polar surface area (TPSA) is 40.5 Å². The normalized spacial score (nSPS) is 18.6. The first-order chi connectivity index (χ1) is 9.75. The fourth-order valence-corrected chi connectivity index (χ4v) is 3.18. The average molecular weight is 320 g/mol. The molecule has 4 heteroatoms. The van der Waals surface area contributed by atoms with E-state index in [4.69, 9.17) is 5.11 Å². The molecule has 0 aliphatic carbocycles. The van der Waals surface area contributed by atoms with Crippen LogP contribution in [-0.4, -0.2) is 35.1 Å². The number of rotatable bonds is 12. The maximum Gasteiger partial charge on any atom is 0.320 e. The Bertz CT molecular complexity index is 261. The van der Waals surface area contributed by atoms with Gasteiger partial charge in [-0.15, -0.1) is 12.4 Å². The van der Waals surface area contributed by atoms with Crippen LogP contribution in [0.4, 0.5) is 0 Å². The predicted octanol–water partition coefficient (Wildman–Crippen LogP) is 4.88. The third-order valence-corrected chi connectivity index (χ3v) is 4.45. The summed E-state index contributed by atoms with van der Waals surface area (Å²) in [4.78, 5) is 13.2. The van der Waals surface area contributed by atoms with E-state index in [0.717, 1.165) is 25.9 Å². The number of carboxylic acids is 1. The van der Waals surface area contributed by atoms with Crippen LogP contribution in [0.25, 0.3) is 0 Å². The van der Waals surface area contributed by atoms with Crippen molar-refractivity contribution in [3.05, 3.63) is 0 Å². The van der Waals surface area contributed by atoms with Crippen molar-refractivity contribution in [3.8, 4) is 0 Å². The monoisotopic (exact) mass is 319 g/mol. The Morgan fingerprint density at radius 2 is 1.52 bits per heavy atom. The molecule has 1 fully saturated rings. The van der Waals surface area contributed by atoms with Crippen molar-refractivity contribution in [2.45, 2.75) is 90.0 Å². The predicted molar refractivity (Wildman–Crippen MR) is 91.3 cm³/mol. The van der Waals surface area contributed by atoms with Gasteiger partial charge in [-0.05, 0) is 32.4 Å². The molecule has 1 rings (SSSR count). The number of carboxylic acid groups (broad SMARTS) is 1. The first-order valence-corrected chi connectivity index (χ1v) is 8.72. The number of carbonyl (C=O) groups is 1. The van der Waals surface area contributed by atoms with Crippen molar-refractivity contribution < 1.29 is 9.90 Å². The van der Waals surface area contributed by atoms with Gasteiger partial charge in [-0.1, -0.05) is 64.7 Å². The Morgan fingerprint density at radius 1 is 1.00 bits per heavy atom. The number of likely N-dealkylation sites (tertiary alicyclic amines) is 1. The summed E-state index contributed by atoms with van der Waals surface area (Å²) in [5.74, 6) is -0.630. The molecule has 21 heavy (non-hydrogen) atoms. The standard InChI is InChI=1S/C17H33NO2.ClH/c1-2-3-4-5-6-7-8-9-10-11-14-18-15-12-13-16(18)17(19)20;/h16H,2-15H2,1H3,(H,19,20);1H. The molecule has 0 spiro atoms. The number of hydrogen-bond acceptors (Lipinski definition) is 2. The summed E-state index contributed by atoms with van der Waals surface area (Å²) in [7, 11) is 0. The van der Waals surface area contributed by atoms with Crippen molar-refractivity contribution >= 4 is 18.4 Å². The Balaban J connectivity index is 0.00000400. The Kier molecular flexibility index (Phi) is 13.2. The lowest BCUT2D eigenvalue weighted by molar-refractivity contribution is -0.142. The van der Waals surface area contributed by atoms with Crippen molar-refractivity contribution in [3.63, 3.8) is 0 Å². The molecule has 3 nitrogen and oxygen atoms in total. The minimum atomic E-state index is -0.630. The lowest BCUT2D eigenvalue weighted by Crippen LogP contribution is -2.36. The fourth-order valence-electron chi connectivity index (χ4n) is 3.18. The zero-order valence-corrected chi connectivity index (χ0v) is 14.5. The van der Waals surface area contributed by atoms with Gasteiger partial charge in [0.15, 0.2) is 0 Å². The minimum absolute atomic E-state index is 0. The van der Waals surface area contributed by atoms with Crippen LogP contribution >= 0.6 is 12.4 Å². The first kappa shape index (κ1) is 20.7. The van der Waals surface area contributed by atoms with Crippen LogP contribution in [-0.2, 0) is 4.79 Å². The van der Waals surface area contributed by atoms with E-state index in [1.165, 1.54) is 64.2 Å². The maximum absolute atomic E-state index is 11.1. The number of nitrogens with zero attached hydrogens (tertiary/aromatic N) is 1. The van der Waals surface area contributed by atoms with E-state index in [0.29, 0.717) is 0 Å². The van der Waals surface area contributed by atoms with E-state index in [2.05, 4.69) is 11.8 Å². The molecule has 1 N–H and O–H groups in total. The first-order valence-electron chi connectivity index (χ1n) is 8.72. The molecule has 1 heterocycles. The van der Waals surface area contributed by atoms with Gasteiger partial charge in [-0.2, -0.15) is 0 Å². The lowest BCUT2D eigenvalue weighted by Gasteiger charge is -2.20. The van der Waals surface area contributed by atoms with E-state index in [1.54, 1.807) is 0 Å². The van der Waals surface area contributed by atoms with Gasteiger partial charge in [-0.3, -0.25) is 9.69 Å². The zero-order valence-electron chi connectivity index (χ0n) is 13.7. The molecule has 126 valence electrons. The van der Waals surface area contributed by atoms with Crippen LogP contribution in [0.15, 0.2) is 0 Å². The van der Waals surface area contributed by atoms with Gasteiger partial charge >= 0.3 is 5.97 Å². The van der Waals surface area contributed by atoms with Gasteiger partial charge in [0, 0.05) is 0 Å². The summed E-state index contributed by atoms with van der Waals surface area (Å²) in [6.07, 6.45) is 15.3. The highest BCUT2D eigenvalue weighted by Gasteiger charge is 2.29. The summed E-state index contributed by atoms with van der Waals surface area (Å²) in [5, 5.41) is 9.10. The molecular formula is C17H34ClNO2. The van der Waals surface area contributed by atoms with E-state index in [9.17, 15) is 4.79 Å². The molecule has 1 aliphatic rings. The SMILES string of the molecule is CCCCCCCCCCCCN1CCCC1C(=O)O.Cl. The molecule has 1 aliphatic heterocycles. The molecule has 0 saturated carbocycles. The van der Waals surface area contributed by atoms with Gasteiger partial charge in [0.05, 0.1) is 0 Å². The maximum atomic E-state index is 11.1. The second-order valence-electron chi connectivity index (χ2n) is 6.21. The summed E-state index contributed by atoms with van der Waals surface area (Å²) >= 11 is 0. The lowest BCUT2D eigenvalue weighted by atomic mass is 10.1. The molecule has 0 bridgehead atoms. The zero-order chi connectivity index (χ0) is 14.6. The van der Waals surface area contributed by atoms with Crippen LogP contribution in [0, 0.1) is 0 Å². The Hall–Kier alpha value is -0.280. The van der Waals surface area contributed by atoms with Crippen LogP contribution in [0.3, 0.4) is 0 Å². The van der Waals surface area contributed by atoms with E-state index >= 15 is 0 Å². The summed E-state index contributed by atoms with van der Waals surface area (Å²) in [6.45, 7) is 4.22. The highest BCUT2D eigenvalue weighted by Crippen LogP contribution is 2.18. The second kappa shape index (κ2) is 13.4. The molecule has 0 radical (unpaired) electrons. The number of aliphatic carboxylic acids is 1. The number of halogens is 1. The van der Waals surface area contributed by atoms with Gasteiger partial charge in [0.1, 0.15) is 6.04 Å². The summed E-state index contributed by atoms with van der Waals surface area (Å²) in [6, 6.07) is -0.200. The molecule has 0 aromatic heterocycles. The van der Waals surface area contributed by atoms with Crippen LogP contribution in [0.5, 0.6) is 0 Å².